The van der Waals surface area contributed by atoms with Gasteiger partial charge >= 0.3 is 12.0 Å². The predicted molar refractivity (Wildman–Crippen MR) is 74.6 cm³/mol. The number of nitriles is 1. The molecule has 1 rings (SSSR count). The number of anilines is 1. The van der Waals surface area contributed by atoms with Crippen molar-refractivity contribution in [2.75, 3.05) is 5.32 Å². The molecule has 7 heteroatoms. The normalized spacial score (nSPS) is 11.6. The van der Waals surface area contributed by atoms with Gasteiger partial charge in [-0.25, -0.2) is 9.59 Å². The fourth-order valence-electron chi connectivity index (χ4n) is 1.53. The van der Waals surface area contributed by atoms with E-state index in [-0.39, 0.29) is 17.2 Å². The van der Waals surface area contributed by atoms with E-state index in [9.17, 15) is 9.59 Å². The Bertz CT molecular complexity index is 566. The number of urea groups is 1. The van der Waals surface area contributed by atoms with Crippen molar-refractivity contribution in [1.29, 1.82) is 5.26 Å². The number of carbonyl (C=O) groups is 2. The molecule has 0 bridgehead atoms. The lowest BCUT2D eigenvalue weighted by molar-refractivity contribution is -0.140. The number of rotatable bonds is 4. The molecule has 0 saturated heterocycles. The number of benzene rings is 1. The van der Waals surface area contributed by atoms with Gasteiger partial charge in [-0.1, -0.05) is 25.4 Å². The zero-order valence-corrected chi connectivity index (χ0v) is 11.7. The molecule has 1 atom stereocenters. The van der Waals surface area contributed by atoms with Crippen molar-refractivity contribution < 1.29 is 14.7 Å². The molecular formula is C13H14ClN3O3. The van der Waals surface area contributed by atoms with E-state index in [1.165, 1.54) is 18.2 Å². The lowest BCUT2D eigenvalue weighted by Crippen LogP contribution is -2.46. The van der Waals surface area contributed by atoms with Crippen molar-refractivity contribution in [1.82, 2.24) is 5.32 Å². The lowest BCUT2D eigenvalue weighted by Gasteiger charge is -2.18. The van der Waals surface area contributed by atoms with Crippen molar-refractivity contribution >= 4 is 29.3 Å². The van der Waals surface area contributed by atoms with Crippen LogP contribution in [0.15, 0.2) is 18.2 Å². The van der Waals surface area contributed by atoms with Gasteiger partial charge in [0.25, 0.3) is 0 Å². The summed E-state index contributed by atoms with van der Waals surface area (Å²) in [7, 11) is 0. The quantitative estimate of drug-likeness (QED) is 0.794. The number of nitrogens with zero attached hydrogens (tertiary/aromatic N) is 1. The van der Waals surface area contributed by atoms with Gasteiger partial charge in [0.1, 0.15) is 12.1 Å². The van der Waals surface area contributed by atoms with E-state index in [0.717, 1.165) is 0 Å². The Hall–Kier alpha value is -2.26. The number of carbonyl (C=O) groups excluding carboxylic acids is 1. The van der Waals surface area contributed by atoms with Crippen LogP contribution in [0.5, 0.6) is 0 Å². The van der Waals surface area contributed by atoms with Crippen LogP contribution in [0.25, 0.3) is 0 Å². The molecule has 6 nitrogen and oxygen atoms in total. The molecule has 0 unspecified atom stereocenters. The molecule has 0 spiro atoms. The van der Waals surface area contributed by atoms with Crippen LogP contribution < -0.4 is 10.6 Å². The first-order valence-corrected chi connectivity index (χ1v) is 6.23. The third kappa shape index (κ3) is 4.14. The second-order valence-corrected chi connectivity index (χ2v) is 4.90. The summed E-state index contributed by atoms with van der Waals surface area (Å²) < 4.78 is 0. The van der Waals surface area contributed by atoms with E-state index >= 15 is 0 Å². The van der Waals surface area contributed by atoms with Crippen molar-refractivity contribution in [3.8, 4) is 6.07 Å². The minimum atomic E-state index is -1.12. The van der Waals surface area contributed by atoms with Crippen LogP contribution >= 0.6 is 11.6 Å². The molecule has 2 amide bonds. The van der Waals surface area contributed by atoms with Crippen molar-refractivity contribution in [2.45, 2.75) is 19.9 Å². The number of nitrogens with one attached hydrogen (secondary N) is 2. The molecule has 106 valence electrons. The molecule has 0 aliphatic heterocycles. The smallest absolute Gasteiger partial charge is 0.326 e. The number of carboxylic acids is 1. The number of halogens is 1. The highest BCUT2D eigenvalue weighted by Gasteiger charge is 2.23. The summed E-state index contributed by atoms with van der Waals surface area (Å²) in [5.41, 5.74) is 0.464. The van der Waals surface area contributed by atoms with Crippen molar-refractivity contribution in [2.24, 2.45) is 5.92 Å². The van der Waals surface area contributed by atoms with Gasteiger partial charge in [-0.2, -0.15) is 5.26 Å². The predicted octanol–water partition coefficient (Wildman–Crippen LogP) is 2.44. The summed E-state index contributed by atoms with van der Waals surface area (Å²) in [4.78, 5) is 22.8. The number of amides is 2. The molecule has 1 aromatic carbocycles. The zero-order valence-electron chi connectivity index (χ0n) is 11.0. The van der Waals surface area contributed by atoms with E-state index in [2.05, 4.69) is 10.6 Å². The van der Waals surface area contributed by atoms with Crippen LogP contribution in [0, 0.1) is 17.2 Å². The maximum atomic E-state index is 11.8. The van der Waals surface area contributed by atoms with Gasteiger partial charge in [0.05, 0.1) is 11.3 Å². The summed E-state index contributed by atoms with van der Waals surface area (Å²) >= 11 is 5.79. The van der Waals surface area contributed by atoms with Crippen molar-refractivity contribution in [3.63, 3.8) is 0 Å². The highest BCUT2D eigenvalue weighted by atomic mass is 35.5. The average molecular weight is 296 g/mol. The summed E-state index contributed by atoms with van der Waals surface area (Å²) in [5, 5.41) is 23.0. The third-order valence-electron chi connectivity index (χ3n) is 2.57. The van der Waals surface area contributed by atoms with Crippen molar-refractivity contribution in [3.05, 3.63) is 28.8 Å². The SMILES string of the molecule is CC(C)[C@H](NC(=O)Nc1cc(Cl)ccc1C#N)C(=O)O. The van der Waals surface area contributed by atoms with E-state index in [1.807, 2.05) is 6.07 Å². The molecule has 0 radical (unpaired) electrons. The molecule has 20 heavy (non-hydrogen) atoms. The topological polar surface area (TPSA) is 102 Å². The first-order valence-electron chi connectivity index (χ1n) is 5.85. The highest BCUT2D eigenvalue weighted by Crippen LogP contribution is 2.20. The fourth-order valence-corrected chi connectivity index (χ4v) is 1.70. The molecular weight excluding hydrogens is 282 g/mol. The molecule has 3 N–H and O–H groups in total. The van der Waals surface area contributed by atoms with Gasteiger partial charge in [0.2, 0.25) is 0 Å². The Morgan fingerprint density at radius 3 is 2.55 bits per heavy atom. The van der Waals surface area contributed by atoms with Gasteiger partial charge in [-0.05, 0) is 24.1 Å². The molecule has 0 aromatic heterocycles. The summed E-state index contributed by atoms with van der Waals surface area (Å²) in [6.45, 7) is 3.36. The Morgan fingerprint density at radius 1 is 1.40 bits per heavy atom. The van der Waals surface area contributed by atoms with Gasteiger partial charge in [0.15, 0.2) is 0 Å². The van der Waals surface area contributed by atoms with E-state index in [1.54, 1.807) is 13.8 Å². The second-order valence-electron chi connectivity index (χ2n) is 4.46. The molecule has 0 aliphatic rings. The summed E-state index contributed by atoms with van der Waals surface area (Å²) in [6.07, 6.45) is 0. The zero-order chi connectivity index (χ0) is 15.3. The van der Waals surface area contributed by atoms with E-state index in [0.29, 0.717) is 5.02 Å². The van der Waals surface area contributed by atoms with Crippen LogP contribution in [0.4, 0.5) is 10.5 Å². The Kier molecular flexibility index (Phi) is 5.35. The van der Waals surface area contributed by atoms with E-state index < -0.39 is 18.0 Å². The minimum absolute atomic E-state index is 0.227. The highest BCUT2D eigenvalue weighted by molar-refractivity contribution is 6.31. The van der Waals surface area contributed by atoms with Crippen LogP contribution in [-0.2, 0) is 4.79 Å². The number of aliphatic carboxylic acids is 1. The molecule has 0 fully saturated rings. The Balaban J connectivity index is 2.84. The second kappa shape index (κ2) is 6.78. The van der Waals surface area contributed by atoms with Crippen LogP contribution in [0.3, 0.4) is 0 Å². The Morgan fingerprint density at radius 2 is 2.05 bits per heavy atom. The lowest BCUT2D eigenvalue weighted by atomic mass is 10.1. The Labute approximate surface area is 121 Å². The fraction of sp³-hybridized carbons (Fsp3) is 0.308. The monoisotopic (exact) mass is 295 g/mol. The number of hydrogen-bond acceptors (Lipinski definition) is 3. The van der Waals surface area contributed by atoms with Gasteiger partial charge in [-0.15, -0.1) is 0 Å². The first-order chi connectivity index (χ1) is 9.35. The van der Waals surface area contributed by atoms with Crippen LogP contribution in [0.2, 0.25) is 5.02 Å². The number of carboxylic acid groups (broad SMARTS) is 1. The van der Waals surface area contributed by atoms with E-state index in [4.69, 9.17) is 22.0 Å². The largest absolute Gasteiger partial charge is 0.480 e. The van der Waals surface area contributed by atoms with Gasteiger partial charge in [-0.3, -0.25) is 0 Å². The standard InChI is InChI=1S/C13H14ClN3O3/c1-7(2)11(12(18)19)17-13(20)16-10-5-9(14)4-3-8(10)6-15/h3-5,7,11H,1-2H3,(H,18,19)(H2,16,17,20)/t11-/m0/s1. The van der Waals surface area contributed by atoms with Crippen LogP contribution in [-0.4, -0.2) is 23.1 Å². The maximum Gasteiger partial charge on any atom is 0.326 e. The average Bonchev–Trinajstić information content (AvgIpc) is 2.35. The minimum Gasteiger partial charge on any atom is -0.480 e. The van der Waals surface area contributed by atoms with Gasteiger partial charge in [0, 0.05) is 5.02 Å². The van der Waals surface area contributed by atoms with Crippen LogP contribution in [0.1, 0.15) is 19.4 Å². The summed E-state index contributed by atoms with van der Waals surface area (Å²) in [6, 6.07) is 4.61. The summed E-state index contributed by atoms with van der Waals surface area (Å²) in [5.74, 6) is -1.39. The third-order valence-corrected chi connectivity index (χ3v) is 2.80. The molecule has 0 heterocycles. The molecule has 1 aromatic rings. The number of hydrogen-bond donors (Lipinski definition) is 3. The van der Waals surface area contributed by atoms with Gasteiger partial charge < -0.3 is 15.7 Å². The molecule has 0 saturated carbocycles. The maximum absolute atomic E-state index is 11.8. The first kappa shape index (κ1) is 15.8. The molecule has 0 aliphatic carbocycles.